The van der Waals surface area contributed by atoms with Crippen LogP contribution in [0.1, 0.15) is 41.6 Å². The van der Waals surface area contributed by atoms with Gasteiger partial charge in [-0.05, 0) is 68.1 Å². The lowest BCUT2D eigenvalue weighted by Crippen LogP contribution is -2.28. The highest BCUT2D eigenvalue weighted by Crippen LogP contribution is 2.25. The maximum atomic E-state index is 12.8. The van der Waals surface area contributed by atoms with Crippen molar-refractivity contribution < 1.29 is 18.0 Å². The molecule has 158 valence electrons. The van der Waals surface area contributed by atoms with E-state index in [-0.39, 0.29) is 16.7 Å². The molecule has 2 heterocycles. The van der Waals surface area contributed by atoms with Crippen LogP contribution in [0, 0.1) is 6.92 Å². The van der Waals surface area contributed by atoms with Gasteiger partial charge >= 0.3 is 0 Å². The number of hydrogen-bond acceptors (Lipinski definition) is 4. The Kier molecular flexibility index (Phi) is 5.62. The molecule has 2 amide bonds. The van der Waals surface area contributed by atoms with Crippen molar-refractivity contribution in [2.45, 2.75) is 37.5 Å². The highest BCUT2D eigenvalue weighted by molar-refractivity contribution is 7.89. The Hall–Kier alpha value is -2.71. The van der Waals surface area contributed by atoms with Crippen LogP contribution in [-0.2, 0) is 14.8 Å². The Morgan fingerprint density at radius 3 is 2.30 bits per heavy atom. The predicted octanol–water partition coefficient (Wildman–Crippen LogP) is 3.16. The Bertz CT molecular complexity index is 1070. The summed E-state index contributed by atoms with van der Waals surface area (Å²) in [6.07, 6.45) is 3.14. The molecule has 0 atom stereocenters. The monoisotopic (exact) mass is 427 g/mol. The van der Waals surface area contributed by atoms with E-state index in [1.807, 2.05) is 0 Å². The average Bonchev–Trinajstić information content (AvgIpc) is 3.41. The van der Waals surface area contributed by atoms with E-state index in [1.165, 1.54) is 10.4 Å². The number of sulfonamides is 1. The second kappa shape index (κ2) is 8.20. The molecule has 2 aliphatic rings. The van der Waals surface area contributed by atoms with Gasteiger partial charge in [0, 0.05) is 43.0 Å². The summed E-state index contributed by atoms with van der Waals surface area (Å²) < 4.78 is 27.1. The summed E-state index contributed by atoms with van der Waals surface area (Å²) in [7, 11) is -3.59. The molecule has 2 aliphatic heterocycles. The molecule has 2 saturated heterocycles. The number of nitrogens with one attached hydrogen (secondary N) is 1. The smallest absolute Gasteiger partial charge is 0.255 e. The first kappa shape index (κ1) is 20.6. The predicted molar refractivity (Wildman–Crippen MR) is 115 cm³/mol. The zero-order valence-electron chi connectivity index (χ0n) is 16.9. The normalized spacial score (nSPS) is 17.5. The van der Waals surface area contributed by atoms with Crippen molar-refractivity contribution in [2.75, 3.05) is 29.9 Å². The minimum absolute atomic E-state index is 0.110. The van der Waals surface area contributed by atoms with Crippen molar-refractivity contribution in [3.8, 4) is 0 Å². The first-order chi connectivity index (χ1) is 14.4. The van der Waals surface area contributed by atoms with E-state index in [1.54, 1.807) is 48.2 Å². The highest BCUT2D eigenvalue weighted by atomic mass is 32.2. The first-order valence-corrected chi connectivity index (χ1v) is 11.6. The largest absolute Gasteiger partial charge is 0.322 e. The fraction of sp³-hybridized carbons (Fsp3) is 0.364. The van der Waals surface area contributed by atoms with E-state index in [0.717, 1.165) is 24.9 Å². The highest BCUT2D eigenvalue weighted by Gasteiger charge is 2.28. The summed E-state index contributed by atoms with van der Waals surface area (Å²) in [6.45, 7) is 3.53. The quantitative estimate of drug-likeness (QED) is 0.794. The number of benzene rings is 2. The third-order valence-corrected chi connectivity index (χ3v) is 7.56. The van der Waals surface area contributed by atoms with E-state index in [4.69, 9.17) is 0 Å². The number of aryl methyl sites for hydroxylation is 1. The van der Waals surface area contributed by atoms with Gasteiger partial charge in [-0.1, -0.05) is 6.07 Å². The molecule has 0 saturated carbocycles. The molecule has 8 heteroatoms. The number of amides is 2. The number of nitrogens with zero attached hydrogens (tertiary/aromatic N) is 2. The summed E-state index contributed by atoms with van der Waals surface area (Å²) in [5.41, 5.74) is 2.43. The third kappa shape index (κ3) is 3.97. The second-order valence-corrected chi connectivity index (χ2v) is 9.68. The summed E-state index contributed by atoms with van der Waals surface area (Å²) in [6, 6.07) is 11.8. The molecule has 4 rings (SSSR count). The molecule has 0 bridgehead atoms. The third-order valence-electron chi connectivity index (χ3n) is 5.67. The van der Waals surface area contributed by atoms with Gasteiger partial charge in [0.1, 0.15) is 0 Å². The molecule has 7 nitrogen and oxygen atoms in total. The van der Waals surface area contributed by atoms with E-state index in [9.17, 15) is 18.0 Å². The van der Waals surface area contributed by atoms with E-state index >= 15 is 0 Å². The van der Waals surface area contributed by atoms with Crippen LogP contribution in [0.3, 0.4) is 0 Å². The Labute approximate surface area is 176 Å². The van der Waals surface area contributed by atoms with Crippen LogP contribution >= 0.6 is 0 Å². The summed E-state index contributed by atoms with van der Waals surface area (Å²) >= 11 is 0. The van der Waals surface area contributed by atoms with Crippen LogP contribution in [0.5, 0.6) is 0 Å². The Morgan fingerprint density at radius 1 is 0.967 bits per heavy atom. The zero-order valence-corrected chi connectivity index (χ0v) is 17.7. The Morgan fingerprint density at radius 2 is 1.67 bits per heavy atom. The second-order valence-electron chi connectivity index (χ2n) is 7.74. The molecule has 30 heavy (non-hydrogen) atoms. The van der Waals surface area contributed by atoms with Crippen LogP contribution in [0.2, 0.25) is 0 Å². The molecule has 0 aromatic heterocycles. The Balaban J connectivity index is 1.52. The van der Waals surface area contributed by atoms with Crippen LogP contribution in [-0.4, -0.2) is 44.2 Å². The molecule has 0 aliphatic carbocycles. The summed E-state index contributed by atoms with van der Waals surface area (Å²) in [5.74, 6) is -0.255. The maximum absolute atomic E-state index is 12.8. The standard InChI is InChI=1S/C22H25N3O4S/c1-16-6-11-19(30(28,29)24-12-2-3-13-24)15-20(16)22(27)23-17-7-9-18(10-8-17)25-14-4-5-21(25)26/h6-11,15H,2-5,12-14H2,1H3,(H,23,27). The van der Waals surface area contributed by atoms with Crippen LogP contribution in [0.15, 0.2) is 47.4 Å². The molecular formula is C22H25N3O4S. The lowest BCUT2D eigenvalue weighted by Gasteiger charge is -2.17. The van der Waals surface area contributed by atoms with Crippen molar-refractivity contribution >= 4 is 33.2 Å². The minimum atomic E-state index is -3.59. The van der Waals surface area contributed by atoms with Crippen LogP contribution in [0.4, 0.5) is 11.4 Å². The number of carbonyl (C=O) groups is 2. The lowest BCUT2D eigenvalue weighted by atomic mass is 10.1. The van der Waals surface area contributed by atoms with Crippen LogP contribution in [0.25, 0.3) is 0 Å². The topological polar surface area (TPSA) is 86.8 Å². The van der Waals surface area contributed by atoms with Gasteiger partial charge in [0.05, 0.1) is 4.90 Å². The maximum Gasteiger partial charge on any atom is 0.255 e. The number of anilines is 2. The summed E-state index contributed by atoms with van der Waals surface area (Å²) in [4.78, 5) is 26.6. The average molecular weight is 428 g/mol. The van der Waals surface area contributed by atoms with Gasteiger partial charge in [-0.3, -0.25) is 9.59 Å². The van der Waals surface area contributed by atoms with Gasteiger partial charge in [0.25, 0.3) is 5.91 Å². The molecular weight excluding hydrogens is 402 g/mol. The molecule has 2 aromatic rings. The van der Waals surface area contributed by atoms with E-state index in [2.05, 4.69) is 5.32 Å². The van der Waals surface area contributed by atoms with Crippen molar-refractivity contribution in [3.05, 3.63) is 53.6 Å². The molecule has 2 fully saturated rings. The van der Waals surface area contributed by atoms with Crippen LogP contribution < -0.4 is 10.2 Å². The fourth-order valence-corrected chi connectivity index (χ4v) is 5.47. The molecule has 0 spiro atoms. The fourth-order valence-electron chi connectivity index (χ4n) is 3.93. The van der Waals surface area contributed by atoms with Gasteiger partial charge in [-0.2, -0.15) is 4.31 Å². The van der Waals surface area contributed by atoms with Crippen molar-refractivity contribution in [3.63, 3.8) is 0 Å². The molecule has 1 N–H and O–H groups in total. The lowest BCUT2D eigenvalue weighted by molar-refractivity contribution is -0.117. The number of carbonyl (C=O) groups excluding carboxylic acids is 2. The van der Waals surface area contributed by atoms with Gasteiger partial charge in [0.2, 0.25) is 15.9 Å². The zero-order chi connectivity index (χ0) is 21.3. The molecule has 0 unspecified atom stereocenters. The van der Waals surface area contributed by atoms with E-state index in [0.29, 0.717) is 42.9 Å². The number of hydrogen-bond donors (Lipinski definition) is 1. The van der Waals surface area contributed by atoms with Crippen molar-refractivity contribution in [2.24, 2.45) is 0 Å². The SMILES string of the molecule is Cc1ccc(S(=O)(=O)N2CCCC2)cc1C(=O)Nc1ccc(N2CCCC2=O)cc1. The van der Waals surface area contributed by atoms with Gasteiger partial charge in [-0.15, -0.1) is 0 Å². The van der Waals surface area contributed by atoms with Gasteiger partial charge in [0.15, 0.2) is 0 Å². The molecule has 0 radical (unpaired) electrons. The first-order valence-electron chi connectivity index (χ1n) is 10.2. The number of rotatable bonds is 5. The van der Waals surface area contributed by atoms with Gasteiger partial charge in [-0.25, -0.2) is 8.42 Å². The van der Waals surface area contributed by atoms with Crippen molar-refractivity contribution in [1.82, 2.24) is 4.31 Å². The van der Waals surface area contributed by atoms with E-state index < -0.39 is 10.0 Å². The summed E-state index contributed by atoms with van der Waals surface area (Å²) in [5, 5.41) is 2.83. The minimum Gasteiger partial charge on any atom is -0.322 e. The molecule has 2 aromatic carbocycles. The van der Waals surface area contributed by atoms with Gasteiger partial charge < -0.3 is 10.2 Å². The van der Waals surface area contributed by atoms with Crippen molar-refractivity contribution in [1.29, 1.82) is 0 Å².